The number of hydrogen-bond acceptors (Lipinski definition) is 4. The molecule has 30 heavy (non-hydrogen) atoms. The van der Waals surface area contributed by atoms with Crippen molar-refractivity contribution in [2.75, 3.05) is 32.7 Å². The SMILES string of the molecule is O=C(CN1C(=O)c2ccccc2C1=O)N1CCN(C(=O)c2ccc(F)cc2F)CC1. The molecule has 1 fully saturated rings. The Balaban J connectivity index is 1.37. The topological polar surface area (TPSA) is 78.0 Å². The highest BCUT2D eigenvalue weighted by atomic mass is 19.1. The molecule has 0 radical (unpaired) electrons. The predicted octanol–water partition coefficient (Wildman–Crippen LogP) is 1.55. The van der Waals surface area contributed by atoms with Crippen molar-refractivity contribution in [2.24, 2.45) is 0 Å². The molecule has 0 saturated carbocycles. The van der Waals surface area contributed by atoms with Crippen LogP contribution < -0.4 is 0 Å². The van der Waals surface area contributed by atoms with Gasteiger partial charge in [-0.2, -0.15) is 0 Å². The van der Waals surface area contributed by atoms with E-state index in [2.05, 4.69) is 0 Å². The molecular formula is C21H17F2N3O4. The highest BCUT2D eigenvalue weighted by Crippen LogP contribution is 2.22. The van der Waals surface area contributed by atoms with Crippen LogP contribution in [0.25, 0.3) is 0 Å². The minimum absolute atomic E-state index is 0.156. The van der Waals surface area contributed by atoms with Gasteiger partial charge in [0.25, 0.3) is 17.7 Å². The van der Waals surface area contributed by atoms with Crippen LogP contribution in [0.5, 0.6) is 0 Å². The van der Waals surface area contributed by atoms with Crippen LogP contribution in [-0.2, 0) is 4.79 Å². The van der Waals surface area contributed by atoms with E-state index < -0.39 is 35.3 Å². The first-order valence-electron chi connectivity index (χ1n) is 9.34. The van der Waals surface area contributed by atoms with Crippen molar-refractivity contribution in [3.05, 3.63) is 70.8 Å². The largest absolute Gasteiger partial charge is 0.338 e. The summed E-state index contributed by atoms with van der Waals surface area (Å²) in [6.45, 7) is 0.285. The summed E-state index contributed by atoms with van der Waals surface area (Å²) in [7, 11) is 0. The molecule has 0 aromatic heterocycles. The summed E-state index contributed by atoms with van der Waals surface area (Å²) in [6.07, 6.45) is 0. The Kier molecular flexibility index (Phi) is 5.03. The number of fused-ring (bicyclic) bond motifs is 1. The van der Waals surface area contributed by atoms with Crippen molar-refractivity contribution < 1.29 is 28.0 Å². The molecule has 2 aliphatic rings. The van der Waals surface area contributed by atoms with Crippen LogP contribution in [0.15, 0.2) is 42.5 Å². The number of carbonyl (C=O) groups excluding carboxylic acids is 4. The van der Waals surface area contributed by atoms with Crippen LogP contribution in [0.1, 0.15) is 31.1 Å². The van der Waals surface area contributed by atoms with Crippen LogP contribution in [0.4, 0.5) is 8.78 Å². The third kappa shape index (κ3) is 3.42. The Morgan fingerprint density at radius 3 is 1.97 bits per heavy atom. The van der Waals surface area contributed by atoms with E-state index in [1.54, 1.807) is 24.3 Å². The first-order valence-corrected chi connectivity index (χ1v) is 9.34. The highest BCUT2D eigenvalue weighted by Gasteiger charge is 2.37. The minimum atomic E-state index is -0.941. The number of imide groups is 1. The number of piperazine rings is 1. The zero-order valence-corrected chi connectivity index (χ0v) is 15.8. The molecule has 4 amide bonds. The second kappa shape index (κ2) is 7.66. The van der Waals surface area contributed by atoms with Gasteiger partial charge in [-0.25, -0.2) is 8.78 Å². The van der Waals surface area contributed by atoms with Crippen LogP contribution >= 0.6 is 0 Å². The number of rotatable bonds is 3. The number of hydrogen-bond donors (Lipinski definition) is 0. The number of amides is 4. The van der Waals surface area contributed by atoms with Gasteiger partial charge in [0, 0.05) is 32.2 Å². The summed E-state index contributed by atoms with van der Waals surface area (Å²) in [6, 6.07) is 9.13. The first kappa shape index (κ1) is 19.7. The normalized spacial score (nSPS) is 16.1. The maximum atomic E-state index is 13.9. The van der Waals surface area contributed by atoms with Crippen molar-refractivity contribution >= 4 is 23.6 Å². The molecule has 9 heteroatoms. The van der Waals surface area contributed by atoms with E-state index in [0.717, 1.165) is 17.0 Å². The summed E-state index contributed by atoms with van der Waals surface area (Å²) in [5, 5.41) is 0. The lowest BCUT2D eigenvalue weighted by Crippen LogP contribution is -2.53. The first-order chi connectivity index (χ1) is 14.4. The maximum absolute atomic E-state index is 13.9. The summed E-state index contributed by atoms with van der Waals surface area (Å²) < 4.78 is 26.9. The molecule has 0 unspecified atom stereocenters. The van der Waals surface area contributed by atoms with E-state index in [4.69, 9.17) is 0 Å². The third-order valence-electron chi connectivity index (χ3n) is 5.25. The van der Waals surface area contributed by atoms with Gasteiger partial charge in [0.05, 0.1) is 16.7 Å². The van der Waals surface area contributed by atoms with E-state index in [0.29, 0.717) is 6.07 Å². The molecule has 1 saturated heterocycles. The second-order valence-corrected chi connectivity index (χ2v) is 7.04. The Morgan fingerprint density at radius 2 is 1.40 bits per heavy atom. The van der Waals surface area contributed by atoms with Gasteiger partial charge in [-0.15, -0.1) is 0 Å². The quantitative estimate of drug-likeness (QED) is 0.716. The summed E-state index contributed by atoms with van der Waals surface area (Å²) in [4.78, 5) is 53.6. The van der Waals surface area contributed by atoms with Gasteiger partial charge in [-0.1, -0.05) is 12.1 Å². The molecule has 2 heterocycles. The Hall–Kier alpha value is -3.62. The van der Waals surface area contributed by atoms with E-state index >= 15 is 0 Å². The molecule has 0 spiro atoms. The molecule has 2 aromatic rings. The second-order valence-electron chi connectivity index (χ2n) is 7.04. The van der Waals surface area contributed by atoms with Gasteiger partial charge in [0.2, 0.25) is 5.91 Å². The van der Waals surface area contributed by atoms with Gasteiger partial charge in [0.15, 0.2) is 0 Å². The summed E-state index contributed by atoms with van der Waals surface area (Å²) in [5.74, 6) is -3.73. The van der Waals surface area contributed by atoms with Crippen LogP contribution in [0.2, 0.25) is 0 Å². The average molecular weight is 413 g/mol. The molecule has 0 bridgehead atoms. The minimum Gasteiger partial charge on any atom is -0.338 e. The van der Waals surface area contributed by atoms with E-state index in [1.807, 2.05) is 0 Å². The molecule has 154 valence electrons. The lowest BCUT2D eigenvalue weighted by atomic mass is 10.1. The fourth-order valence-electron chi connectivity index (χ4n) is 3.61. The lowest BCUT2D eigenvalue weighted by Gasteiger charge is -2.35. The number of nitrogens with zero attached hydrogens (tertiary/aromatic N) is 3. The van der Waals surface area contributed by atoms with Gasteiger partial charge in [-0.3, -0.25) is 24.1 Å². The maximum Gasteiger partial charge on any atom is 0.262 e. The Bertz CT molecular complexity index is 1030. The van der Waals surface area contributed by atoms with Gasteiger partial charge in [0.1, 0.15) is 18.2 Å². The predicted molar refractivity (Wildman–Crippen MR) is 101 cm³/mol. The fourth-order valence-corrected chi connectivity index (χ4v) is 3.61. The van der Waals surface area contributed by atoms with Crippen molar-refractivity contribution in [1.82, 2.24) is 14.7 Å². The molecule has 2 aliphatic heterocycles. The average Bonchev–Trinajstić information content (AvgIpc) is 2.98. The van der Waals surface area contributed by atoms with Crippen molar-refractivity contribution in [1.29, 1.82) is 0 Å². The van der Waals surface area contributed by atoms with Gasteiger partial charge < -0.3 is 9.80 Å². The fraction of sp³-hybridized carbons (Fsp3) is 0.238. The molecule has 0 atom stereocenters. The van der Waals surface area contributed by atoms with Crippen LogP contribution in [0, 0.1) is 11.6 Å². The lowest BCUT2D eigenvalue weighted by molar-refractivity contribution is -0.132. The van der Waals surface area contributed by atoms with Crippen LogP contribution in [0.3, 0.4) is 0 Å². The van der Waals surface area contributed by atoms with E-state index in [9.17, 15) is 28.0 Å². The summed E-state index contributed by atoms with van der Waals surface area (Å²) >= 11 is 0. The Labute approximate surface area is 170 Å². The number of halogens is 2. The zero-order chi connectivity index (χ0) is 21.4. The number of benzene rings is 2. The summed E-state index contributed by atoms with van der Waals surface area (Å²) in [5.41, 5.74) is 0.307. The number of carbonyl (C=O) groups is 4. The smallest absolute Gasteiger partial charge is 0.262 e. The molecule has 0 N–H and O–H groups in total. The Morgan fingerprint density at radius 1 is 0.833 bits per heavy atom. The standard InChI is InChI=1S/C21H17F2N3O4/c22-13-5-6-16(17(23)11-13)19(28)25-9-7-24(8-10-25)18(27)12-26-20(29)14-3-1-2-4-15(14)21(26)30/h1-6,11H,7-10,12H2. The molecule has 4 rings (SSSR count). The van der Waals surface area contributed by atoms with E-state index in [-0.39, 0.29) is 49.4 Å². The molecule has 7 nitrogen and oxygen atoms in total. The van der Waals surface area contributed by atoms with Crippen LogP contribution in [-0.4, -0.2) is 71.1 Å². The van der Waals surface area contributed by atoms with Crippen molar-refractivity contribution in [3.63, 3.8) is 0 Å². The monoisotopic (exact) mass is 413 g/mol. The van der Waals surface area contributed by atoms with E-state index in [1.165, 1.54) is 9.80 Å². The van der Waals surface area contributed by atoms with Gasteiger partial charge in [-0.05, 0) is 24.3 Å². The zero-order valence-electron chi connectivity index (χ0n) is 15.8. The molecular weight excluding hydrogens is 396 g/mol. The third-order valence-corrected chi connectivity index (χ3v) is 5.25. The highest BCUT2D eigenvalue weighted by molar-refractivity contribution is 6.22. The van der Waals surface area contributed by atoms with Gasteiger partial charge >= 0.3 is 0 Å². The molecule has 0 aliphatic carbocycles. The molecule has 2 aromatic carbocycles. The van der Waals surface area contributed by atoms with Crippen molar-refractivity contribution in [2.45, 2.75) is 0 Å². The van der Waals surface area contributed by atoms with Crippen molar-refractivity contribution in [3.8, 4) is 0 Å².